The third kappa shape index (κ3) is 3.89. The van der Waals surface area contributed by atoms with Crippen molar-refractivity contribution in [3.63, 3.8) is 0 Å². The summed E-state index contributed by atoms with van der Waals surface area (Å²) in [5, 5.41) is 8.79. The first kappa shape index (κ1) is 13.2. The van der Waals surface area contributed by atoms with Gasteiger partial charge in [0.1, 0.15) is 0 Å². The molecule has 1 aliphatic carbocycles. The van der Waals surface area contributed by atoms with Gasteiger partial charge in [0, 0.05) is 21.4 Å². The molecular weight excluding hydrogens is 324 g/mol. The summed E-state index contributed by atoms with van der Waals surface area (Å²) in [5.41, 5.74) is -0.175. The second-order valence-electron chi connectivity index (χ2n) is 4.50. The largest absolute Gasteiger partial charge is 0.481 e. The lowest BCUT2D eigenvalue weighted by Gasteiger charge is -2.11. The van der Waals surface area contributed by atoms with Crippen molar-refractivity contribution in [3.05, 3.63) is 20.8 Å². The minimum atomic E-state index is -0.955. The predicted molar refractivity (Wildman–Crippen MR) is 72.7 cm³/mol. The molecule has 17 heavy (non-hydrogen) atoms. The second-order valence-corrected chi connectivity index (χ2v) is 8.51. The quantitative estimate of drug-likeness (QED) is 0.868. The molecule has 1 aromatic rings. The van der Waals surface area contributed by atoms with Gasteiger partial charge in [0.2, 0.25) is 0 Å². The number of carbonyl (C=O) groups is 1. The van der Waals surface area contributed by atoms with Gasteiger partial charge >= 0.3 is 5.97 Å². The van der Waals surface area contributed by atoms with Crippen LogP contribution in [0.2, 0.25) is 0 Å². The van der Waals surface area contributed by atoms with Gasteiger partial charge in [-0.15, -0.1) is 11.3 Å². The van der Waals surface area contributed by atoms with E-state index in [0.29, 0.717) is 11.5 Å². The maximum atomic E-state index is 12.0. The number of rotatable bonds is 6. The maximum absolute atomic E-state index is 12.0. The minimum absolute atomic E-state index is 0.160. The highest BCUT2D eigenvalue weighted by Gasteiger charge is 2.45. The van der Waals surface area contributed by atoms with Crippen LogP contribution >= 0.6 is 27.3 Å². The molecule has 0 bridgehead atoms. The fourth-order valence-electron chi connectivity index (χ4n) is 1.85. The number of carboxylic acids is 1. The monoisotopic (exact) mass is 336 g/mol. The molecule has 6 heteroatoms. The second kappa shape index (κ2) is 5.20. The SMILES string of the molecule is O=C(O)CC1(CS(=O)Cc2ccc(Br)s2)CC1. The Kier molecular flexibility index (Phi) is 4.05. The third-order valence-corrected chi connectivity index (χ3v) is 6.26. The van der Waals surface area contributed by atoms with Crippen molar-refractivity contribution in [3.8, 4) is 0 Å². The fourth-order valence-corrected chi connectivity index (χ4v) is 5.35. The first-order chi connectivity index (χ1) is 7.99. The summed E-state index contributed by atoms with van der Waals surface area (Å²) in [6.45, 7) is 0. The molecule has 0 spiro atoms. The Morgan fingerprint density at radius 3 is 2.71 bits per heavy atom. The Labute approximate surface area is 115 Å². The molecule has 2 rings (SSSR count). The van der Waals surface area contributed by atoms with E-state index in [1.54, 1.807) is 11.3 Å². The highest BCUT2D eigenvalue weighted by atomic mass is 79.9. The van der Waals surface area contributed by atoms with Crippen molar-refractivity contribution in [1.82, 2.24) is 0 Å². The molecule has 0 aromatic carbocycles. The van der Waals surface area contributed by atoms with Crippen LogP contribution in [0.3, 0.4) is 0 Å². The van der Waals surface area contributed by atoms with Gasteiger partial charge < -0.3 is 5.11 Å². The number of hydrogen-bond acceptors (Lipinski definition) is 3. The van der Waals surface area contributed by atoms with Gasteiger partial charge in [-0.3, -0.25) is 9.00 Å². The van der Waals surface area contributed by atoms with E-state index in [-0.39, 0.29) is 11.8 Å². The third-order valence-electron chi connectivity index (χ3n) is 2.88. The van der Waals surface area contributed by atoms with Crippen molar-refractivity contribution >= 4 is 44.0 Å². The van der Waals surface area contributed by atoms with Crippen LogP contribution in [0.4, 0.5) is 0 Å². The molecule has 1 atom stereocenters. The zero-order chi connectivity index (χ0) is 12.5. The summed E-state index contributed by atoms with van der Waals surface area (Å²) < 4.78 is 13.0. The highest BCUT2D eigenvalue weighted by molar-refractivity contribution is 9.11. The van der Waals surface area contributed by atoms with Crippen LogP contribution in [0.25, 0.3) is 0 Å². The number of carboxylic acid groups (broad SMARTS) is 1. The summed E-state index contributed by atoms with van der Waals surface area (Å²) in [4.78, 5) is 11.8. The Morgan fingerprint density at radius 2 is 2.24 bits per heavy atom. The lowest BCUT2D eigenvalue weighted by Crippen LogP contribution is -2.17. The van der Waals surface area contributed by atoms with Crippen molar-refractivity contribution in [2.24, 2.45) is 5.41 Å². The van der Waals surface area contributed by atoms with Gasteiger partial charge in [-0.25, -0.2) is 0 Å². The molecule has 3 nitrogen and oxygen atoms in total. The topological polar surface area (TPSA) is 54.4 Å². The van der Waals surface area contributed by atoms with E-state index in [9.17, 15) is 9.00 Å². The Hall–Kier alpha value is -0.200. The average molecular weight is 337 g/mol. The van der Waals surface area contributed by atoms with E-state index in [1.165, 1.54) is 0 Å². The Morgan fingerprint density at radius 1 is 1.53 bits per heavy atom. The molecule has 0 aliphatic heterocycles. The normalized spacial score (nSPS) is 18.9. The number of aliphatic carboxylic acids is 1. The smallest absolute Gasteiger partial charge is 0.303 e. The summed E-state index contributed by atoms with van der Waals surface area (Å²) in [6, 6.07) is 3.91. The molecule has 1 aliphatic rings. The summed E-state index contributed by atoms with van der Waals surface area (Å²) in [5.74, 6) is 0.283. The van der Waals surface area contributed by atoms with E-state index in [4.69, 9.17) is 5.11 Å². The minimum Gasteiger partial charge on any atom is -0.481 e. The van der Waals surface area contributed by atoms with Crippen LogP contribution in [-0.2, 0) is 21.3 Å². The first-order valence-electron chi connectivity index (χ1n) is 5.30. The van der Waals surface area contributed by atoms with Crippen molar-refractivity contribution in [2.45, 2.75) is 25.0 Å². The molecule has 1 unspecified atom stereocenters. The van der Waals surface area contributed by atoms with E-state index >= 15 is 0 Å². The number of thiophene rings is 1. The van der Waals surface area contributed by atoms with Crippen molar-refractivity contribution in [2.75, 3.05) is 5.75 Å². The van der Waals surface area contributed by atoms with E-state index in [2.05, 4.69) is 15.9 Å². The van der Waals surface area contributed by atoms with E-state index in [0.717, 1.165) is 21.5 Å². The van der Waals surface area contributed by atoms with Gasteiger partial charge in [0.15, 0.2) is 0 Å². The summed E-state index contributed by atoms with van der Waals surface area (Å²) in [7, 11) is -0.955. The summed E-state index contributed by atoms with van der Waals surface area (Å²) in [6.07, 6.45) is 1.96. The van der Waals surface area contributed by atoms with Crippen LogP contribution in [0, 0.1) is 5.41 Å². The molecule has 1 saturated carbocycles. The zero-order valence-corrected chi connectivity index (χ0v) is 12.4. The summed E-state index contributed by atoms with van der Waals surface area (Å²) >= 11 is 4.95. The van der Waals surface area contributed by atoms with Gasteiger partial charge in [-0.1, -0.05) is 0 Å². The van der Waals surface area contributed by atoms with Crippen LogP contribution in [0.5, 0.6) is 0 Å². The van der Waals surface area contributed by atoms with Crippen molar-refractivity contribution in [1.29, 1.82) is 0 Å². The Balaban J connectivity index is 1.87. The van der Waals surface area contributed by atoms with Crippen LogP contribution in [-0.4, -0.2) is 21.0 Å². The number of hydrogen-bond donors (Lipinski definition) is 1. The van der Waals surface area contributed by atoms with Gasteiger partial charge in [0.05, 0.1) is 16.0 Å². The number of halogens is 1. The van der Waals surface area contributed by atoms with Gasteiger partial charge in [-0.2, -0.15) is 0 Å². The standard InChI is InChI=1S/C11H13BrO3S2/c12-9-2-1-8(16-9)6-17(15)7-11(3-4-11)5-10(13)14/h1-2H,3-7H2,(H,13,14). The molecule has 1 fully saturated rings. The molecule has 1 heterocycles. The molecule has 1 aromatic heterocycles. The van der Waals surface area contributed by atoms with Gasteiger partial charge in [0.25, 0.3) is 0 Å². The molecule has 0 radical (unpaired) electrons. The highest BCUT2D eigenvalue weighted by Crippen LogP contribution is 2.49. The molecule has 94 valence electrons. The molecule has 0 amide bonds. The van der Waals surface area contributed by atoms with Crippen molar-refractivity contribution < 1.29 is 14.1 Å². The lowest BCUT2D eigenvalue weighted by atomic mass is 10.1. The Bertz CT molecular complexity index is 451. The molecule has 1 N–H and O–H groups in total. The predicted octanol–water partition coefficient (Wildman–Crippen LogP) is 3.01. The first-order valence-corrected chi connectivity index (χ1v) is 8.40. The zero-order valence-electron chi connectivity index (χ0n) is 9.15. The maximum Gasteiger partial charge on any atom is 0.303 e. The average Bonchev–Trinajstić information content (AvgIpc) is 2.80. The van der Waals surface area contributed by atoms with E-state index in [1.807, 2.05) is 12.1 Å². The fraction of sp³-hybridized carbons (Fsp3) is 0.545. The van der Waals surface area contributed by atoms with E-state index < -0.39 is 16.8 Å². The molecule has 0 saturated heterocycles. The van der Waals surface area contributed by atoms with Crippen LogP contribution in [0.1, 0.15) is 24.1 Å². The molecular formula is C11H13BrO3S2. The van der Waals surface area contributed by atoms with Crippen LogP contribution < -0.4 is 0 Å². The van der Waals surface area contributed by atoms with Gasteiger partial charge in [-0.05, 0) is 46.3 Å². The van der Waals surface area contributed by atoms with Crippen LogP contribution in [0.15, 0.2) is 15.9 Å². The lowest BCUT2D eigenvalue weighted by molar-refractivity contribution is -0.138.